The normalized spacial score (nSPS) is 24.5. The molecule has 0 saturated heterocycles. The third-order valence-corrected chi connectivity index (χ3v) is 6.27. The molecule has 188 valence electrons. The van der Waals surface area contributed by atoms with Gasteiger partial charge in [-0.2, -0.15) is 0 Å². The molecule has 3 fully saturated rings. The maximum absolute atomic E-state index is 10.2. The molecule has 3 aliphatic rings. The zero-order valence-corrected chi connectivity index (χ0v) is 19.9. The molecule has 0 atom stereocenters. The van der Waals surface area contributed by atoms with E-state index in [2.05, 4.69) is 9.98 Å². The molecule has 0 aliphatic heterocycles. The van der Waals surface area contributed by atoms with Gasteiger partial charge in [-0.25, -0.2) is 50.2 Å². The Morgan fingerprint density at radius 2 is 0.735 bits per heavy atom. The lowest BCUT2D eigenvalue weighted by molar-refractivity contribution is 0.226. The van der Waals surface area contributed by atoms with Crippen LogP contribution in [0.4, 0.5) is 0 Å². The highest BCUT2D eigenvalue weighted by molar-refractivity contribution is 5.33. The van der Waals surface area contributed by atoms with E-state index in [4.69, 9.17) is 30.6 Å². The molecule has 3 saturated carbocycles. The summed E-state index contributed by atoms with van der Waals surface area (Å²) in [6, 6.07) is 0.456. The smallest absolute Gasteiger partial charge is 0.222 e. The van der Waals surface area contributed by atoms with Crippen molar-refractivity contribution in [3.8, 4) is 0 Å². The summed E-state index contributed by atoms with van der Waals surface area (Å²) < 4.78 is 0. The first kappa shape index (κ1) is 33.1. The molecule has 10 nitrogen and oxygen atoms in total. The van der Waals surface area contributed by atoms with Crippen LogP contribution in [0.5, 0.6) is 0 Å². The van der Waals surface area contributed by atoms with Crippen molar-refractivity contribution in [2.45, 2.75) is 108 Å². The summed E-state index contributed by atoms with van der Waals surface area (Å²) in [5.74, 6) is 1.60. The number of hydrogen-bond acceptors (Lipinski definition) is 10. The van der Waals surface area contributed by atoms with Crippen LogP contribution in [-0.2, 0) is 24.0 Å². The van der Waals surface area contributed by atoms with Crippen LogP contribution in [-0.4, -0.2) is 42.5 Å². The molecule has 0 unspecified atom stereocenters. The summed E-state index contributed by atoms with van der Waals surface area (Å²) in [4.78, 5) is 53.2. The third-order valence-electron chi connectivity index (χ3n) is 6.27. The number of aliphatic imine (C=N–C) groups is 2. The predicted molar refractivity (Wildman–Crippen MR) is 125 cm³/mol. The largest absolute Gasteiger partial charge is 0.235 e. The lowest BCUT2D eigenvalue weighted by Crippen LogP contribution is -2.23. The number of isocyanates is 5. The van der Waals surface area contributed by atoms with E-state index in [0.29, 0.717) is 0 Å². The number of hydrogen-bond donors (Lipinski definition) is 3. The van der Waals surface area contributed by atoms with E-state index in [1.54, 1.807) is 12.2 Å². The van der Waals surface area contributed by atoms with E-state index >= 15 is 0 Å². The van der Waals surface area contributed by atoms with E-state index in [1.165, 1.54) is 70.6 Å². The van der Waals surface area contributed by atoms with Gasteiger partial charge in [0.05, 0.1) is 12.1 Å². The zero-order chi connectivity index (χ0) is 25.9. The van der Waals surface area contributed by atoms with Gasteiger partial charge in [0.1, 0.15) is 0 Å². The molecule has 0 heterocycles. The highest BCUT2D eigenvalue weighted by Crippen LogP contribution is 2.36. The number of carbonyl (C=O) groups excluding carboxylic acids is 5. The van der Waals surface area contributed by atoms with Crippen molar-refractivity contribution in [3.63, 3.8) is 0 Å². The van der Waals surface area contributed by atoms with Gasteiger partial charge in [0.2, 0.25) is 30.4 Å². The molecule has 0 aromatic heterocycles. The van der Waals surface area contributed by atoms with E-state index < -0.39 is 0 Å². The zero-order valence-electron chi connectivity index (χ0n) is 19.9. The topological polar surface area (TPSA) is 182 Å². The van der Waals surface area contributed by atoms with Crippen molar-refractivity contribution >= 4 is 30.4 Å². The van der Waals surface area contributed by atoms with E-state index in [1.807, 2.05) is 0 Å². The standard InChI is InChI=1S/C15H22N2O2.C6H12.3CHNO/c18-10-16-14-5-1-12(2-6-14)9-13-3-7-15(8-4-13)17-11-19;1-2-4-6-5-3-1;3*2-1-3/h12-15H,1-9H2;1-6H2;3*2H. The highest BCUT2D eigenvalue weighted by atomic mass is 16.1. The van der Waals surface area contributed by atoms with Crippen LogP contribution in [0, 0.1) is 28.1 Å². The quantitative estimate of drug-likeness (QED) is 0.372. The number of rotatable bonds is 4. The molecule has 0 aromatic carbocycles. The van der Waals surface area contributed by atoms with Crippen LogP contribution in [0.1, 0.15) is 96.3 Å². The minimum absolute atomic E-state index is 0.228. The average Bonchev–Trinajstić information content (AvgIpc) is 2.85. The summed E-state index contributed by atoms with van der Waals surface area (Å²) in [5.41, 5.74) is 0. The Morgan fingerprint density at radius 1 is 0.500 bits per heavy atom. The van der Waals surface area contributed by atoms with Gasteiger partial charge >= 0.3 is 0 Å². The molecule has 3 rings (SSSR count). The molecular formula is C24H37N5O5. The summed E-state index contributed by atoms with van der Waals surface area (Å²) in [7, 11) is 0. The van der Waals surface area contributed by atoms with E-state index in [9.17, 15) is 9.59 Å². The van der Waals surface area contributed by atoms with Gasteiger partial charge in [-0.05, 0) is 69.6 Å². The predicted octanol–water partition coefficient (Wildman–Crippen LogP) is 5.21. The van der Waals surface area contributed by atoms with Crippen molar-refractivity contribution in [1.29, 1.82) is 16.2 Å². The van der Waals surface area contributed by atoms with Gasteiger partial charge in [0.15, 0.2) is 0 Å². The molecule has 0 amide bonds. The van der Waals surface area contributed by atoms with Gasteiger partial charge in [-0.15, -0.1) is 0 Å². The van der Waals surface area contributed by atoms with Crippen LogP contribution >= 0.6 is 0 Å². The summed E-state index contributed by atoms with van der Waals surface area (Å²) >= 11 is 0. The lowest BCUT2D eigenvalue weighted by atomic mass is 9.76. The maximum atomic E-state index is 10.2. The SMILES string of the molecule is C1CCCCC1.N=C=O.N=C=O.N=C=O.O=C=NC1CCC(CC2CCC(N=C=O)CC2)CC1. The van der Waals surface area contributed by atoms with Gasteiger partial charge < -0.3 is 0 Å². The second kappa shape index (κ2) is 26.2. The summed E-state index contributed by atoms with van der Waals surface area (Å²) in [5, 5.41) is 16.2. The van der Waals surface area contributed by atoms with Crippen LogP contribution in [0.3, 0.4) is 0 Å². The van der Waals surface area contributed by atoms with E-state index in [-0.39, 0.29) is 12.1 Å². The van der Waals surface area contributed by atoms with Crippen molar-refractivity contribution in [2.75, 3.05) is 0 Å². The first-order valence-electron chi connectivity index (χ1n) is 11.8. The molecule has 34 heavy (non-hydrogen) atoms. The fourth-order valence-electron chi connectivity index (χ4n) is 4.70. The molecular weight excluding hydrogens is 438 g/mol. The molecule has 0 spiro atoms. The molecule has 0 bridgehead atoms. The highest BCUT2D eigenvalue weighted by Gasteiger charge is 2.26. The monoisotopic (exact) mass is 475 g/mol. The first-order valence-corrected chi connectivity index (χ1v) is 11.8. The lowest BCUT2D eigenvalue weighted by Gasteiger charge is -2.31. The maximum Gasteiger partial charge on any atom is 0.235 e. The minimum Gasteiger partial charge on any atom is -0.222 e. The van der Waals surface area contributed by atoms with Crippen molar-refractivity contribution < 1.29 is 24.0 Å². The van der Waals surface area contributed by atoms with Gasteiger partial charge in [0.25, 0.3) is 0 Å². The summed E-state index contributed by atoms with van der Waals surface area (Å²) in [6.07, 6.45) is 24.9. The molecule has 3 N–H and O–H groups in total. The van der Waals surface area contributed by atoms with Gasteiger partial charge in [-0.3, -0.25) is 0 Å². The molecule has 0 aromatic rings. The van der Waals surface area contributed by atoms with Crippen LogP contribution < -0.4 is 0 Å². The summed E-state index contributed by atoms with van der Waals surface area (Å²) in [6.45, 7) is 0. The van der Waals surface area contributed by atoms with E-state index in [0.717, 1.165) is 55.8 Å². The fraction of sp³-hybridized carbons (Fsp3) is 0.792. The van der Waals surface area contributed by atoms with Gasteiger partial charge in [0, 0.05) is 0 Å². The Kier molecular flexibility index (Phi) is 25.4. The van der Waals surface area contributed by atoms with Crippen molar-refractivity contribution in [2.24, 2.45) is 21.8 Å². The van der Waals surface area contributed by atoms with Gasteiger partial charge in [-0.1, -0.05) is 38.5 Å². The van der Waals surface area contributed by atoms with Crippen LogP contribution in [0.25, 0.3) is 0 Å². The van der Waals surface area contributed by atoms with Crippen LogP contribution in [0.15, 0.2) is 9.98 Å². The first-order chi connectivity index (χ1) is 16.6. The third kappa shape index (κ3) is 20.8. The Balaban J connectivity index is 0. The number of nitrogens with one attached hydrogen (secondary N) is 3. The average molecular weight is 476 g/mol. The second-order valence-electron chi connectivity index (χ2n) is 8.45. The molecule has 3 aliphatic carbocycles. The number of nitrogens with zero attached hydrogens (tertiary/aromatic N) is 2. The fourth-order valence-corrected chi connectivity index (χ4v) is 4.70. The molecule has 10 heteroatoms. The minimum atomic E-state index is 0.228. The second-order valence-corrected chi connectivity index (χ2v) is 8.45. The van der Waals surface area contributed by atoms with Crippen LogP contribution in [0.2, 0.25) is 0 Å². The Bertz CT molecular complexity index is 617. The Hall–Kier alpha value is -3.10. The Morgan fingerprint density at radius 3 is 0.941 bits per heavy atom. The molecule has 0 radical (unpaired) electrons. The van der Waals surface area contributed by atoms with Crippen molar-refractivity contribution in [1.82, 2.24) is 0 Å². The van der Waals surface area contributed by atoms with Crippen molar-refractivity contribution in [3.05, 3.63) is 0 Å². The Labute approximate surface area is 201 Å².